The molecule has 25 heavy (non-hydrogen) atoms. The third-order valence-electron chi connectivity index (χ3n) is 3.90. The second-order valence-electron chi connectivity index (χ2n) is 5.79. The van der Waals surface area contributed by atoms with E-state index in [-0.39, 0.29) is 11.5 Å². The predicted molar refractivity (Wildman–Crippen MR) is 97.6 cm³/mol. The van der Waals surface area contributed by atoms with Crippen molar-refractivity contribution in [3.05, 3.63) is 0 Å². The SMILES string of the molecule is CC(NC(=O)C(N)CS)C(=O)N1CCCC1C(=O)NC(CS)C(=O)O. The molecule has 1 rings (SSSR count). The van der Waals surface area contributed by atoms with Crippen LogP contribution in [-0.4, -0.2) is 75.9 Å². The van der Waals surface area contributed by atoms with E-state index in [0.717, 1.165) is 0 Å². The van der Waals surface area contributed by atoms with E-state index in [2.05, 4.69) is 35.9 Å². The summed E-state index contributed by atoms with van der Waals surface area (Å²) >= 11 is 7.82. The number of aliphatic carboxylic acids is 1. The maximum absolute atomic E-state index is 12.5. The Hall–Kier alpha value is -1.46. The highest BCUT2D eigenvalue weighted by Crippen LogP contribution is 2.19. The van der Waals surface area contributed by atoms with Gasteiger partial charge in [0.25, 0.3) is 0 Å². The lowest BCUT2D eigenvalue weighted by Crippen LogP contribution is -2.56. The lowest BCUT2D eigenvalue weighted by molar-refractivity contribution is -0.144. The van der Waals surface area contributed by atoms with Gasteiger partial charge in [-0.3, -0.25) is 14.4 Å². The van der Waals surface area contributed by atoms with Crippen LogP contribution in [0.4, 0.5) is 0 Å². The molecule has 0 radical (unpaired) electrons. The number of hydrogen-bond acceptors (Lipinski definition) is 7. The number of likely N-dealkylation sites (tertiary alicyclic amines) is 1. The van der Waals surface area contributed by atoms with Gasteiger partial charge >= 0.3 is 5.97 Å². The lowest BCUT2D eigenvalue weighted by atomic mass is 10.1. The number of nitrogens with two attached hydrogens (primary N) is 1. The van der Waals surface area contributed by atoms with Crippen molar-refractivity contribution >= 4 is 48.9 Å². The van der Waals surface area contributed by atoms with E-state index in [4.69, 9.17) is 10.8 Å². The van der Waals surface area contributed by atoms with Crippen molar-refractivity contribution in [1.29, 1.82) is 0 Å². The molecular formula is C14H24N4O5S2. The van der Waals surface area contributed by atoms with Crippen molar-refractivity contribution in [2.45, 2.75) is 43.9 Å². The van der Waals surface area contributed by atoms with Crippen LogP contribution in [0, 0.1) is 0 Å². The van der Waals surface area contributed by atoms with Crippen LogP contribution in [0.25, 0.3) is 0 Å². The molecule has 0 aliphatic carbocycles. The molecule has 142 valence electrons. The zero-order chi connectivity index (χ0) is 19.1. The van der Waals surface area contributed by atoms with Crippen LogP contribution in [0.5, 0.6) is 0 Å². The summed E-state index contributed by atoms with van der Waals surface area (Å²) in [6.45, 7) is 1.86. The predicted octanol–water partition coefficient (Wildman–Crippen LogP) is -1.76. The van der Waals surface area contributed by atoms with Gasteiger partial charge in [0.1, 0.15) is 18.1 Å². The monoisotopic (exact) mass is 392 g/mol. The number of carboxylic acids is 1. The van der Waals surface area contributed by atoms with Gasteiger partial charge in [-0.1, -0.05) is 0 Å². The minimum Gasteiger partial charge on any atom is -0.480 e. The molecule has 1 saturated heterocycles. The van der Waals surface area contributed by atoms with Crippen LogP contribution < -0.4 is 16.4 Å². The molecule has 0 bridgehead atoms. The smallest absolute Gasteiger partial charge is 0.327 e. The number of nitrogens with zero attached hydrogens (tertiary/aromatic N) is 1. The van der Waals surface area contributed by atoms with E-state index in [1.165, 1.54) is 11.8 Å². The molecule has 0 spiro atoms. The number of amides is 3. The maximum atomic E-state index is 12.5. The van der Waals surface area contributed by atoms with E-state index in [1.54, 1.807) is 0 Å². The molecule has 1 aliphatic rings. The third-order valence-corrected chi connectivity index (χ3v) is 4.66. The average Bonchev–Trinajstić information content (AvgIpc) is 3.07. The zero-order valence-electron chi connectivity index (χ0n) is 13.8. The minimum absolute atomic E-state index is 0.0597. The Balaban J connectivity index is 2.72. The van der Waals surface area contributed by atoms with E-state index in [9.17, 15) is 19.2 Å². The van der Waals surface area contributed by atoms with Crippen LogP contribution in [0.15, 0.2) is 0 Å². The first-order valence-electron chi connectivity index (χ1n) is 7.84. The van der Waals surface area contributed by atoms with Crippen LogP contribution in [0.3, 0.4) is 0 Å². The van der Waals surface area contributed by atoms with Crippen molar-refractivity contribution in [2.75, 3.05) is 18.1 Å². The molecular weight excluding hydrogens is 368 g/mol. The van der Waals surface area contributed by atoms with Crippen molar-refractivity contribution in [1.82, 2.24) is 15.5 Å². The summed E-state index contributed by atoms with van der Waals surface area (Å²) in [5, 5.41) is 13.9. The molecule has 0 saturated carbocycles. The lowest BCUT2D eigenvalue weighted by Gasteiger charge is -2.28. The molecule has 3 amide bonds. The van der Waals surface area contributed by atoms with E-state index < -0.39 is 47.9 Å². The van der Waals surface area contributed by atoms with Crippen molar-refractivity contribution < 1.29 is 24.3 Å². The van der Waals surface area contributed by atoms with Gasteiger partial charge in [0.05, 0.1) is 6.04 Å². The maximum Gasteiger partial charge on any atom is 0.327 e. The fraction of sp³-hybridized carbons (Fsp3) is 0.714. The Morgan fingerprint density at radius 3 is 2.40 bits per heavy atom. The van der Waals surface area contributed by atoms with Crippen LogP contribution in [0.2, 0.25) is 0 Å². The van der Waals surface area contributed by atoms with Gasteiger partial charge in [0.15, 0.2) is 0 Å². The van der Waals surface area contributed by atoms with Crippen molar-refractivity contribution in [3.8, 4) is 0 Å². The number of carboxylic acid groups (broad SMARTS) is 1. The molecule has 1 aliphatic heterocycles. The van der Waals surface area contributed by atoms with Gasteiger partial charge in [-0.15, -0.1) is 0 Å². The molecule has 0 aromatic heterocycles. The molecule has 0 aromatic carbocycles. The van der Waals surface area contributed by atoms with Gasteiger partial charge in [0, 0.05) is 18.1 Å². The highest BCUT2D eigenvalue weighted by molar-refractivity contribution is 7.80. The number of rotatable bonds is 8. The number of carbonyl (C=O) groups excluding carboxylic acids is 3. The summed E-state index contributed by atoms with van der Waals surface area (Å²) in [4.78, 5) is 49.0. The number of hydrogen-bond donors (Lipinski definition) is 6. The van der Waals surface area contributed by atoms with Crippen LogP contribution >= 0.6 is 25.3 Å². The van der Waals surface area contributed by atoms with Crippen LogP contribution in [0.1, 0.15) is 19.8 Å². The first kappa shape index (κ1) is 21.6. The van der Waals surface area contributed by atoms with Gasteiger partial charge in [0.2, 0.25) is 17.7 Å². The summed E-state index contributed by atoms with van der Waals surface area (Å²) in [7, 11) is 0. The topological polar surface area (TPSA) is 142 Å². The van der Waals surface area contributed by atoms with Crippen LogP contribution in [-0.2, 0) is 19.2 Å². The molecule has 4 atom stereocenters. The summed E-state index contributed by atoms with van der Waals surface area (Å²) in [6, 6.07) is -3.58. The largest absolute Gasteiger partial charge is 0.480 e. The fourth-order valence-corrected chi connectivity index (χ4v) is 2.88. The summed E-state index contributed by atoms with van der Waals surface area (Å²) in [5.74, 6) is -2.58. The summed E-state index contributed by atoms with van der Waals surface area (Å²) in [6.07, 6.45) is 1.03. The normalized spacial score (nSPS) is 20.5. The minimum atomic E-state index is -1.19. The first-order valence-corrected chi connectivity index (χ1v) is 9.10. The molecule has 5 N–H and O–H groups in total. The Kier molecular flexibility index (Phi) is 8.53. The molecule has 4 unspecified atom stereocenters. The molecule has 1 fully saturated rings. The number of thiol groups is 2. The Morgan fingerprint density at radius 2 is 1.88 bits per heavy atom. The molecule has 1 heterocycles. The Bertz CT molecular complexity index is 533. The molecule has 0 aromatic rings. The Morgan fingerprint density at radius 1 is 1.24 bits per heavy atom. The van der Waals surface area contributed by atoms with Gasteiger partial charge in [-0.2, -0.15) is 25.3 Å². The second-order valence-corrected chi connectivity index (χ2v) is 6.52. The van der Waals surface area contributed by atoms with Crippen molar-refractivity contribution in [2.24, 2.45) is 5.73 Å². The fourth-order valence-electron chi connectivity index (χ4n) is 2.47. The third kappa shape index (κ3) is 5.79. The summed E-state index contributed by atoms with van der Waals surface area (Å²) in [5.41, 5.74) is 5.55. The summed E-state index contributed by atoms with van der Waals surface area (Å²) < 4.78 is 0. The molecule has 9 nitrogen and oxygen atoms in total. The quantitative estimate of drug-likeness (QED) is 0.270. The van der Waals surface area contributed by atoms with E-state index >= 15 is 0 Å². The first-order chi connectivity index (χ1) is 11.7. The standard InChI is InChI=1S/C14H24N4O5S2/c1-7(16-11(19)8(15)5-24)13(21)18-4-2-3-10(18)12(20)17-9(6-25)14(22)23/h7-10,24-25H,2-6,15H2,1H3,(H,16,19)(H,17,20)(H,22,23). The average molecular weight is 393 g/mol. The molecule has 11 heteroatoms. The zero-order valence-corrected chi connectivity index (χ0v) is 15.6. The number of nitrogens with one attached hydrogen (secondary N) is 2. The Labute approximate surface area is 156 Å². The number of carbonyl (C=O) groups is 4. The highest BCUT2D eigenvalue weighted by atomic mass is 32.1. The highest BCUT2D eigenvalue weighted by Gasteiger charge is 2.37. The van der Waals surface area contributed by atoms with Gasteiger partial charge in [-0.25, -0.2) is 4.79 Å². The van der Waals surface area contributed by atoms with E-state index in [0.29, 0.717) is 19.4 Å². The van der Waals surface area contributed by atoms with Gasteiger partial charge in [-0.05, 0) is 19.8 Å². The van der Waals surface area contributed by atoms with E-state index in [1.807, 2.05) is 0 Å². The second kappa shape index (κ2) is 9.88. The van der Waals surface area contributed by atoms with Gasteiger partial charge < -0.3 is 26.4 Å². The van der Waals surface area contributed by atoms with Crippen molar-refractivity contribution in [3.63, 3.8) is 0 Å².